The van der Waals surface area contributed by atoms with E-state index in [1.165, 1.54) is 61.5 Å². The van der Waals surface area contributed by atoms with Crippen molar-refractivity contribution in [1.82, 2.24) is 0 Å². The van der Waals surface area contributed by atoms with Gasteiger partial charge in [-0.05, 0) is 97.2 Å². The second-order valence-electron chi connectivity index (χ2n) is 15.4. The van der Waals surface area contributed by atoms with E-state index < -0.39 is 86.5 Å². The molecule has 26 nitrogen and oxygen atoms in total. The molecule has 0 unspecified atom stereocenters. The monoisotopic (exact) mass is 1230 g/mol. The third-order valence-electron chi connectivity index (χ3n) is 10.6. The second kappa shape index (κ2) is 28.2. The molecule has 80 heavy (non-hydrogen) atoms. The predicted octanol–water partition coefficient (Wildman–Crippen LogP) is -6.25. The Hall–Kier alpha value is -3.11. The van der Waals surface area contributed by atoms with Crippen molar-refractivity contribution in [1.29, 1.82) is 0 Å². The molecule has 8 aromatic carbocycles. The van der Waals surface area contributed by atoms with Crippen LogP contribution in [0.4, 0.5) is 51.2 Å². The third-order valence-corrected chi connectivity index (χ3v) is 14.8. The Kier molecular flexibility index (Phi) is 25.1. The van der Waals surface area contributed by atoms with E-state index >= 15 is 0 Å². The van der Waals surface area contributed by atoms with Crippen molar-refractivity contribution in [2.75, 3.05) is 12.3 Å². The molecule has 0 fully saturated rings. The van der Waals surface area contributed by atoms with Crippen LogP contribution in [0, 0.1) is 0 Å². The van der Waals surface area contributed by atoms with E-state index in [-0.39, 0.29) is 238 Å². The molecule has 36 heteroatoms. The summed E-state index contributed by atoms with van der Waals surface area (Å²) in [6.45, 7) is 1.42. The summed E-state index contributed by atoms with van der Waals surface area (Å²) in [6, 6.07) is 21.9. The van der Waals surface area contributed by atoms with E-state index in [1.807, 2.05) is 0 Å². The number of ether oxygens (including phenoxy) is 1. The average molecular weight is 1230 g/mol. The van der Waals surface area contributed by atoms with Crippen LogP contribution in [0.3, 0.4) is 0 Å². The van der Waals surface area contributed by atoms with Gasteiger partial charge in [-0.25, -0.2) is 33.7 Å². The molecule has 0 aliphatic rings. The number of nitrogens with two attached hydrogens (primary N) is 1. The number of hydrogen-bond acceptors (Lipinski definition) is 25. The van der Waals surface area contributed by atoms with Crippen molar-refractivity contribution in [2.24, 2.45) is 40.9 Å². The number of anilines is 1. The number of azo groups is 4. The molecule has 0 spiro atoms. The summed E-state index contributed by atoms with van der Waals surface area (Å²) >= 11 is 0. The Balaban J connectivity index is 0.00000336. The van der Waals surface area contributed by atoms with Crippen molar-refractivity contribution >= 4 is 134 Å². The van der Waals surface area contributed by atoms with Crippen LogP contribution in [0.2, 0.25) is 0 Å². The van der Waals surface area contributed by atoms with Crippen LogP contribution in [0.5, 0.6) is 11.5 Å². The Labute approximate surface area is 566 Å². The van der Waals surface area contributed by atoms with E-state index in [0.717, 1.165) is 66.7 Å². The van der Waals surface area contributed by atoms with E-state index in [0.29, 0.717) is 0 Å². The fourth-order valence-corrected chi connectivity index (χ4v) is 9.88. The first-order chi connectivity index (χ1) is 35.1. The van der Waals surface area contributed by atoms with Gasteiger partial charge in [0.2, 0.25) is 0 Å². The van der Waals surface area contributed by atoms with Crippen LogP contribution in [0.15, 0.2) is 187 Å². The van der Waals surface area contributed by atoms with Crippen LogP contribution in [0.25, 0.3) is 32.3 Å². The number of nitrogens with zero attached hydrogens (tertiary/aromatic N) is 8. The van der Waals surface area contributed by atoms with Crippen molar-refractivity contribution in [3.05, 3.63) is 121 Å². The minimum atomic E-state index is -5.37. The Morgan fingerprint density at radius 3 is 1.38 bits per heavy atom. The maximum atomic E-state index is 14.2. The van der Waals surface area contributed by atoms with Gasteiger partial charge in [0.05, 0.1) is 66.0 Å². The van der Waals surface area contributed by atoms with E-state index in [4.69, 9.17) is 10.5 Å². The zero-order chi connectivity index (χ0) is 54.4. The summed E-state index contributed by atoms with van der Waals surface area (Å²) < 4.78 is 185. The first-order valence-corrected chi connectivity index (χ1v) is 27.7. The first-order valence-electron chi connectivity index (χ1n) is 20.7. The standard InChI is InChI=1S/C44H33N9O17S5.5Na/c1-2-70-39-22-38(50-49-37-16-15-36(29-11-9-27(19-32(29)37)73(61,62)63)48-46-23-5-3-7-25(17-23)71(55,56)57)33-20-28(74(64,65)66)10-12-30(33)42(39)52-53-43-40(75(67,68)69)21-34-31(44(43)54)13-14-35(45)41(34)51-47-24-6-4-8-26(18-24)72(58,59)60;;;;;/h3-22,54H,2,45H2,1H3,(H,55,56,57)(H,58,59,60)(H,61,62,63)(H,64,65,66)(H,67,68,69);;;;;/q;5*+1/p-5. The summed E-state index contributed by atoms with van der Waals surface area (Å²) in [5.74, 6) is -1.38. The molecule has 0 heterocycles. The number of nitrogen functional groups attached to an aromatic ring is 1. The predicted molar refractivity (Wildman–Crippen MR) is 258 cm³/mol. The minimum Gasteiger partial charge on any atom is -0.871 e. The Morgan fingerprint density at radius 2 is 0.863 bits per heavy atom. The van der Waals surface area contributed by atoms with Gasteiger partial charge < -0.3 is 33.8 Å². The average Bonchev–Trinajstić information content (AvgIpc) is 3.33. The molecule has 3 N–H and O–H groups in total. The molecule has 0 aliphatic heterocycles. The quantitative estimate of drug-likeness (QED) is 0.0417. The summed E-state index contributed by atoms with van der Waals surface area (Å²) in [5, 5.41) is 45.9. The largest absolute Gasteiger partial charge is 1.00 e. The fraction of sp³-hybridized carbons (Fsp3) is 0.0455. The van der Waals surface area contributed by atoms with Gasteiger partial charge in [0, 0.05) is 33.0 Å². The SMILES string of the molecule is CCOc1cc(N=Nc2ccc(N=Nc3cccc(S(=O)(=O)[O-])c3)c3ccc(S(=O)(=O)[O-])cc23)c2cc(S(=O)(=O)[O-])ccc2c1N=Nc1c(S(=O)(=O)O)cc2c(N=Nc3cccc(S(=O)(=O)[O-])c3)c(N)ccc2c1[O-].[Na+].[Na+].[Na+].[Na+].[Na+]. The summed E-state index contributed by atoms with van der Waals surface area (Å²) in [7, 11) is -25.4. The van der Waals surface area contributed by atoms with Crippen molar-refractivity contribution in [3.63, 3.8) is 0 Å². The van der Waals surface area contributed by atoms with Crippen LogP contribution in [-0.4, -0.2) is 71.5 Å². The molecule has 0 saturated heterocycles. The molecule has 0 aliphatic carbocycles. The van der Waals surface area contributed by atoms with Gasteiger partial charge in [-0.15, -0.1) is 30.7 Å². The summed E-state index contributed by atoms with van der Waals surface area (Å²) in [4.78, 5) is -3.85. The van der Waals surface area contributed by atoms with Gasteiger partial charge in [-0.1, -0.05) is 36.1 Å². The number of hydrogen-bond donors (Lipinski definition) is 2. The topological polar surface area (TPSA) is 440 Å². The smallest absolute Gasteiger partial charge is 0.871 e. The minimum absolute atomic E-state index is 0. The maximum absolute atomic E-state index is 14.2. The molecular weight excluding hydrogens is 1200 g/mol. The molecule has 8 aromatic rings. The van der Waals surface area contributed by atoms with Gasteiger partial charge in [-0.3, -0.25) is 4.55 Å². The van der Waals surface area contributed by atoms with Crippen molar-refractivity contribution < 1.29 is 222 Å². The molecule has 8 rings (SSSR count). The Bertz CT molecular complexity index is 4470. The molecule has 0 saturated carbocycles. The molecular formula is C44H28N9Na5O17S5. The van der Waals surface area contributed by atoms with Crippen LogP contribution in [-0.2, 0) is 50.6 Å². The zero-order valence-electron chi connectivity index (χ0n) is 42.4. The van der Waals surface area contributed by atoms with E-state index in [2.05, 4.69) is 40.9 Å². The van der Waals surface area contributed by atoms with Gasteiger partial charge in [0.25, 0.3) is 10.1 Å². The number of rotatable bonds is 15. The first kappa shape index (κ1) is 71.2. The van der Waals surface area contributed by atoms with Crippen LogP contribution >= 0.6 is 0 Å². The van der Waals surface area contributed by atoms with Gasteiger partial charge in [-0.2, -0.15) is 18.6 Å². The van der Waals surface area contributed by atoms with Gasteiger partial charge in [0.15, 0.2) is 0 Å². The number of benzene rings is 8. The molecule has 386 valence electrons. The molecule has 0 amide bonds. The van der Waals surface area contributed by atoms with Crippen LogP contribution < -0.4 is 163 Å². The molecule has 0 bridgehead atoms. The van der Waals surface area contributed by atoms with Crippen LogP contribution in [0.1, 0.15) is 6.92 Å². The van der Waals surface area contributed by atoms with Gasteiger partial charge >= 0.3 is 148 Å². The zero-order valence-corrected chi connectivity index (χ0v) is 56.5. The molecule has 0 radical (unpaired) electrons. The molecule has 0 atom stereocenters. The summed E-state index contributed by atoms with van der Waals surface area (Å²) in [6.07, 6.45) is 0. The maximum Gasteiger partial charge on any atom is 1.00 e. The van der Waals surface area contributed by atoms with Crippen molar-refractivity contribution in [3.8, 4) is 11.5 Å². The van der Waals surface area contributed by atoms with Crippen molar-refractivity contribution in [2.45, 2.75) is 31.4 Å². The summed E-state index contributed by atoms with van der Waals surface area (Å²) in [5.41, 5.74) is 3.77. The van der Waals surface area contributed by atoms with E-state index in [9.17, 15) is 70.0 Å². The van der Waals surface area contributed by atoms with E-state index in [1.54, 1.807) is 0 Å². The Morgan fingerprint density at radius 1 is 0.438 bits per heavy atom. The fourth-order valence-electron chi connectivity index (χ4n) is 7.22. The number of fused-ring (bicyclic) bond motifs is 3. The second-order valence-corrected chi connectivity index (χ2v) is 22.3. The third kappa shape index (κ3) is 16.4. The molecule has 0 aromatic heterocycles. The van der Waals surface area contributed by atoms with Gasteiger partial charge in [0.1, 0.15) is 62.5 Å². The normalized spacial score (nSPS) is 12.3.